The van der Waals surface area contributed by atoms with E-state index in [-0.39, 0.29) is 18.2 Å². The number of thiophene rings is 1. The molecule has 1 aliphatic rings. The van der Waals surface area contributed by atoms with Gasteiger partial charge in [0.05, 0.1) is 12.5 Å². The molecule has 0 spiro atoms. The third-order valence-electron chi connectivity index (χ3n) is 4.20. The molecule has 2 N–H and O–H groups in total. The lowest BCUT2D eigenvalue weighted by Gasteiger charge is -2.34. The molecule has 1 atom stereocenters. The maximum absolute atomic E-state index is 12.3. The van der Waals surface area contributed by atoms with Gasteiger partial charge in [0.15, 0.2) is 0 Å². The van der Waals surface area contributed by atoms with Gasteiger partial charge in [-0.05, 0) is 29.5 Å². The van der Waals surface area contributed by atoms with E-state index >= 15 is 0 Å². The molecule has 0 radical (unpaired) electrons. The topological polar surface area (TPSA) is 74.3 Å². The quantitative estimate of drug-likeness (QED) is 0.780. The fourth-order valence-electron chi connectivity index (χ4n) is 2.93. The number of nitrogens with zero attached hydrogens (tertiary/aromatic N) is 2. The molecule has 0 aromatic carbocycles. The van der Waals surface area contributed by atoms with Gasteiger partial charge in [-0.2, -0.15) is 0 Å². The minimum absolute atomic E-state index is 0.0800. The highest BCUT2D eigenvalue weighted by atomic mass is 32.1. The molecule has 3 heterocycles. The average Bonchev–Trinajstić information content (AvgIpc) is 3.12. The number of piperazine rings is 1. The summed E-state index contributed by atoms with van der Waals surface area (Å²) in [4.78, 5) is 31.9. The Morgan fingerprint density at radius 1 is 1.40 bits per heavy atom. The number of aromatic nitrogens is 1. The van der Waals surface area contributed by atoms with Gasteiger partial charge in [-0.25, -0.2) is 0 Å². The van der Waals surface area contributed by atoms with Crippen molar-refractivity contribution in [2.45, 2.75) is 25.4 Å². The summed E-state index contributed by atoms with van der Waals surface area (Å²) in [5, 5.41) is 7.81. The summed E-state index contributed by atoms with van der Waals surface area (Å²) < 4.78 is 0. The molecule has 25 heavy (non-hydrogen) atoms. The standard InChI is InChI=1S/C18H22N4O2S/c23-17(20-7-5-15-4-2-10-25-15)11-16-18(24)21-8-9-22(16)13-14-3-1-6-19-12-14/h1-4,6,10,12,16H,5,7-9,11,13H2,(H,20,23)(H,21,24)/t16-/m0/s1. The van der Waals surface area contributed by atoms with Crippen LogP contribution in [-0.2, 0) is 22.6 Å². The van der Waals surface area contributed by atoms with E-state index in [1.54, 1.807) is 23.7 Å². The molecule has 2 aromatic heterocycles. The van der Waals surface area contributed by atoms with Crippen molar-refractivity contribution in [2.24, 2.45) is 0 Å². The Morgan fingerprint density at radius 3 is 3.08 bits per heavy atom. The van der Waals surface area contributed by atoms with Crippen molar-refractivity contribution in [1.29, 1.82) is 0 Å². The molecule has 1 aliphatic heterocycles. The van der Waals surface area contributed by atoms with Gasteiger partial charge in [0.25, 0.3) is 0 Å². The maximum atomic E-state index is 12.3. The van der Waals surface area contributed by atoms with Gasteiger partial charge in [0.1, 0.15) is 0 Å². The second-order valence-corrected chi connectivity index (χ2v) is 7.05. The van der Waals surface area contributed by atoms with Crippen LogP contribution in [0.5, 0.6) is 0 Å². The van der Waals surface area contributed by atoms with E-state index in [0.29, 0.717) is 19.6 Å². The molecule has 0 aliphatic carbocycles. The van der Waals surface area contributed by atoms with Crippen LogP contribution >= 0.6 is 11.3 Å². The Kier molecular flexibility index (Phi) is 6.14. The first kappa shape index (κ1) is 17.6. The summed E-state index contributed by atoms with van der Waals surface area (Å²) in [6, 6.07) is 7.49. The normalized spacial score (nSPS) is 17.9. The fraction of sp³-hybridized carbons (Fsp3) is 0.389. The smallest absolute Gasteiger partial charge is 0.237 e. The second-order valence-electron chi connectivity index (χ2n) is 6.02. The summed E-state index contributed by atoms with van der Waals surface area (Å²) in [5.74, 6) is -0.168. The van der Waals surface area contributed by atoms with Crippen molar-refractivity contribution in [3.05, 3.63) is 52.5 Å². The highest BCUT2D eigenvalue weighted by Crippen LogP contribution is 2.13. The van der Waals surface area contributed by atoms with Crippen molar-refractivity contribution >= 4 is 23.2 Å². The average molecular weight is 358 g/mol. The van der Waals surface area contributed by atoms with Crippen molar-refractivity contribution in [1.82, 2.24) is 20.5 Å². The van der Waals surface area contributed by atoms with Crippen LogP contribution in [0.3, 0.4) is 0 Å². The lowest BCUT2D eigenvalue weighted by atomic mass is 10.1. The minimum Gasteiger partial charge on any atom is -0.356 e. The molecular formula is C18H22N4O2S. The fourth-order valence-corrected chi connectivity index (χ4v) is 3.64. The van der Waals surface area contributed by atoms with Crippen LogP contribution in [0.1, 0.15) is 16.9 Å². The SMILES string of the molecule is O=C(C[C@H]1C(=O)NCCN1Cc1cccnc1)NCCc1cccs1. The number of nitrogens with one attached hydrogen (secondary N) is 2. The Labute approximate surface area is 151 Å². The first-order valence-corrected chi connectivity index (χ1v) is 9.30. The predicted molar refractivity (Wildman–Crippen MR) is 97.1 cm³/mol. The number of carbonyl (C=O) groups excluding carboxylic acids is 2. The molecule has 1 saturated heterocycles. The van der Waals surface area contributed by atoms with Gasteiger partial charge in [0, 0.05) is 43.4 Å². The Bertz CT molecular complexity index is 690. The zero-order valence-corrected chi connectivity index (χ0v) is 14.8. The lowest BCUT2D eigenvalue weighted by molar-refractivity contribution is -0.134. The van der Waals surface area contributed by atoms with Crippen LogP contribution in [0, 0.1) is 0 Å². The van der Waals surface area contributed by atoms with E-state index in [9.17, 15) is 9.59 Å². The lowest BCUT2D eigenvalue weighted by Crippen LogP contribution is -2.56. The molecule has 1 fully saturated rings. The largest absolute Gasteiger partial charge is 0.356 e. The monoisotopic (exact) mass is 358 g/mol. The minimum atomic E-state index is -0.435. The van der Waals surface area contributed by atoms with Gasteiger partial charge in [-0.15, -0.1) is 11.3 Å². The second kappa shape index (κ2) is 8.73. The highest BCUT2D eigenvalue weighted by Gasteiger charge is 2.31. The molecule has 2 amide bonds. The highest BCUT2D eigenvalue weighted by molar-refractivity contribution is 7.09. The van der Waals surface area contributed by atoms with E-state index < -0.39 is 6.04 Å². The van der Waals surface area contributed by atoms with Crippen LogP contribution < -0.4 is 10.6 Å². The van der Waals surface area contributed by atoms with Crippen LogP contribution in [0.25, 0.3) is 0 Å². The molecular weight excluding hydrogens is 336 g/mol. The Balaban J connectivity index is 1.53. The Morgan fingerprint density at radius 2 is 2.32 bits per heavy atom. The van der Waals surface area contributed by atoms with Gasteiger partial charge in [0.2, 0.25) is 11.8 Å². The number of carbonyl (C=O) groups is 2. The third-order valence-corrected chi connectivity index (χ3v) is 5.14. The number of amides is 2. The van der Waals surface area contributed by atoms with Crippen LogP contribution in [-0.4, -0.2) is 47.4 Å². The molecule has 7 heteroatoms. The maximum Gasteiger partial charge on any atom is 0.237 e. The van der Waals surface area contributed by atoms with E-state index in [4.69, 9.17) is 0 Å². The summed E-state index contributed by atoms with van der Waals surface area (Å²) in [6.45, 7) is 2.55. The molecule has 2 aromatic rings. The molecule has 0 saturated carbocycles. The zero-order chi connectivity index (χ0) is 17.5. The van der Waals surface area contributed by atoms with Crippen molar-refractivity contribution in [3.8, 4) is 0 Å². The number of hydrogen-bond donors (Lipinski definition) is 2. The van der Waals surface area contributed by atoms with E-state index in [1.807, 2.05) is 23.6 Å². The molecule has 0 bridgehead atoms. The summed E-state index contributed by atoms with van der Waals surface area (Å²) in [7, 11) is 0. The van der Waals surface area contributed by atoms with E-state index in [0.717, 1.165) is 18.5 Å². The van der Waals surface area contributed by atoms with E-state index in [2.05, 4.69) is 26.6 Å². The van der Waals surface area contributed by atoms with Gasteiger partial charge in [-0.1, -0.05) is 12.1 Å². The zero-order valence-electron chi connectivity index (χ0n) is 14.0. The van der Waals surface area contributed by atoms with Crippen molar-refractivity contribution in [2.75, 3.05) is 19.6 Å². The number of rotatable bonds is 7. The van der Waals surface area contributed by atoms with E-state index in [1.165, 1.54) is 4.88 Å². The van der Waals surface area contributed by atoms with Gasteiger partial charge in [-0.3, -0.25) is 19.5 Å². The van der Waals surface area contributed by atoms with Gasteiger partial charge >= 0.3 is 0 Å². The van der Waals surface area contributed by atoms with Crippen molar-refractivity contribution < 1.29 is 9.59 Å². The third kappa shape index (κ3) is 5.11. The molecule has 6 nitrogen and oxygen atoms in total. The van der Waals surface area contributed by atoms with Gasteiger partial charge < -0.3 is 10.6 Å². The predicted octanol–water partition coefficient (Wildman–Crippen LogP) is 1.19. The summed E-state index contributed by atoms with van der Waals surface area (Å²) >= 11 is 1.68. The van der Waals surface area contributed by atoms with Crippen LogP contribution in [0.4, 0.5) is 0 Å². The molecule has 3 rings (SSSR count). The van der Waals surface area contributed by atoms with Crippen LogP contribution in [0.15, 0.2) is 42.0 Å². The van der Waals surface area contributed by atoms with Crippen LogP contribution in [0.2, 0.25) is 0 Å². The molecule has 0 unspecified atom stereocenters. The summed E-state index contributed by atoms with van der Waals surface area (Å²) in [5.41, 5.74) is 1.04. The summed E-state index contributed by atoms with van der Waals surface area (Å²) in [6.07, 6.45) is 4.52. The molecule has 132 valence electrons. The number of hydrogen-bond acceptors (Lipinski definition) is 5. The van der Waals surface area contributed by atoms with Crippen molar-refractivity contribution in [3.63, 3.8) is 0 Å². The first-order chi connectivity index (χ1) is 12.2. The first-order valence-electron chi connectivity index (χ1n) is 8.42. The Hall–Kier alpha value is -2.25. The number of pyridine rings is 1.